The third-order valence-electron chi connectivity index (χ3n) is 5.66. The Labute approximate surface area is 224 Å². The van der Waals surface area contributed by atoms with Crippen molar-refractivity contribution in [3.63, 3.8) is 0 Å². The van der Waals surface area contributed by atoms with E-state index in [0.29, 0.717) is 11.3 Å². The maximum Gasteiger partial charge on any atom is 0.196 e. The first kappa shape index (κ1) is 26.8. The lowest BCUT2D eigenvalue weighted by Crippen LogP contribution is -2.00. The van der Waals surface area contributed by atoms with Gasteiger partial charge in [-0.3, -0.25) is 24.4 Å². The minimum absolute atomic E-state index is 0.0572. The summed E-state index contributed by atoms with van der Waals surface area (Å²) < 4.78 is 0. The average molecular weight is 516 g/mol. The quantitative estimate of drug-likeness (QED) is 0.260. The van der Waals surface area contributed by atoms with Crippen molar-refractivity contribution in [3.05, 3.63) is 115 Å². The lowest BCUT2D eigenvalue weighted by Gasteiger charge is -2.00. The summed E-state index contributed by atoms with van der Waals surface area (Å²) in [5, 5.41) is 2.94. The number of aromatic nitrogens is 5. The molecule has 3 aromatic heterocycles. The van der Waals surface area contributed by atoms with Crippen LogP contribution in [0.15, 0.2) is 97.6 Å². The molecule has 0 atom stereocenters. The van der Waals surface area contributed by atoms with Gasteiger partial charge in [-0.25, -0.2) is 15.0 Å². The molecule has 3 aromatic carbocycles. The molecule has 0 N–H and O–H groups in total. The van der Waals surface area contributed by atoms with E-state index >= 15 is 0 Å². The van der Waals surface area contributed by atoms with Crippen molar-refractivity contribution in [2.24, 2.45) is 0 Å². The van der Waals surface area contributed by atoms with Gasteiger partial charge in [0.2, 0.25) is 0 Å². The van der Waals surface area contributed by atoms with Gasteiger partial charge in [0, 0.05) is 48.8 Å². The van der Waals surface area contributed by atoms with Crippen molar-refractivity contribution < 1.29 is 14.4 Å². The first-order valence-corrected chi connectivity index (χ1v) is 12.1. The second-order valence-electron chi connectivity index (χ2n) is 8.57. The molecule has 0 saturated heterocycles. The van der Waals surface area contributed by atoms with E-state index in [9.17, 15) is 14.4 Å². The maximum atomic E-state index is 11.2. The monoisotopic (exact) mass is 515 g/mol. The summed E-state index contributed by atoms with van der Waals surface area (Å²) in [6.07, 6.45) is 6.55. The number of fused-ring (bicyclic) bond motifs is 3. The fourth-order valence-electron chi connectivity index (χ4n) is 3.67. The number of nitrogens with zero attached hydrogens (tertiary/aromatic N) is 5. The fourth-order valence-corrected chi connectivity index (χ4v) is 3.67. The van der Waals surface area contributed by atoms with E-state index in [1.54, 1.807) is 25.5 Å². The minimum atomic E-state index is -0.106. The van der Waals surface area contributed by atoms with Crippen LogP contribution in [0, 0.1) is 0 Å². The van der Waals surface area contributed by atoms with Gasteiger partial charge in [0.15, 0.2) is 23.2 Å². The molecule has 192 valence electrons. The van der Waals surface area contributed by atoms with Crippen LogP contribution < -0.4 is 0 Å². The predicted octanol–water partition coefficient (Wildman–Crippen LogP) is 6.10. The van der Waals surface area contributed by atoms with Crippen molar-refractivity contribution in [3.8, 4) is 0 Å². The molecule has 0 fully saturated rings. The van der Waals surface area contributed by atoms with E-state index < -0.39 is 0 Å². The lowest BCUT2D eigenvalue weighted by atomic mass is 10.1. The SMILES string of the molecule is CC(=O)c1cnc2ccccc2n1.CC(=O)c1cncc2ccccc12.CC(=O)c1ncc2ccccc2n1. The molecule has 0 amide bonds. The number of benzene rings is 3. The number of pyridine rings is 1. The number of ketones is 3. The molecule has 0 bridgehead atoms. The normalized spacial score (nSPS) is 10.2. The summed E-state index contributed by atoms with van der Waals surface area (Å²) in [5.41, 5.74) is 3.49. The number of hydrogen-bond donors (Lipinski definition) is 0. The van der Waals surface area contributed by atoms with Crippen LogP contribution >= 0.6 is 0 Å². The van der Waals surface area contributed by atoms with E-state index in [0.717, 1.165) is 32.7 Å². The molecule has 3 heterocycles. The number of carbonyl (C=O) groups is 3. The number of Topliss-reactive ketones (excluding diaryl/α,β-unsaturated/α-hetero) is 3. The molecule has 0 radical (unpaired) electrons. The Hall–Kier alpha value is -5.24. The lowest BCUT2D eigenvalue weighted by molar-refractivity contribution is 0.0997. The maximum absolute atomic E-state index is 11.2. The summed E-state index contributed by atoms with van der Waals surface area (Å²) in [6.45, 7) is 4.51. The summed E-state index contributed by atoms with van der Waals surface area (Å²) in [7, 11) is 0. The highest BCUT2D eigenvalue weighted by Gasteiger charge is 2.05. The van der Waals surface area contributed by atoms with E-state index in [-0.39, 0.29) is 23.2 Å². The van der Waals surface area contributed by atoms with Gasteiger partial charge in [0.1, 0.15) is 5.69 Å². The third-order valence-corrected chi connectivity index (χ3v) is 5.66. The van der Waals surface area contributed by atoms with Crippen LogP contribution in [-0.2, 0) is 0 Å². The number of hydrogen-bond acceptors (Lipinski definition) is 8. The van der Waals surface area contributed by atoms with Crippen molar-refractivity contribution in [1.29, 1.82) is 0 Å². The van der Waals surface area contributed by atoms with E-state index in [1.807, 2.05) is 72.8 Å². The topological polar surface area (TPSA) is 116 Å². The van der Waals surface area contributed by atoms with Crippen LogP contribution in [-0.4, -0.2) is 42.3 Å². The van der Waals surface area contributed by atoms with Crippen LogP contribution in [0.2, 0.25) is 0 Å². The van der Waals surface area contributed by atoms with Crippen LogP contribution in [0.5, 0.6) is 0 Å². The first-order valence-electron chi connectivity index (χ1n) is 12.1. The fraction of sp³-hybridized carbons (Fsp3) is 0.0968. The van der Waals surface area contributed by atoms with Crippen LogP contribution in [0.3, 0.4) is 0 Å². The largest absolute Gasteiger partial charge is 0.294 e. The molecule has 39 heavy (non-hydrogen) atoms. The zero-order chi connectivity index (χ0) is 27.8. The molecule has 8 heteroatoms. The molecule has 6 aromatic rings. The number of carbonyl (C=O) groups excluding carboxylic acids is 3. The second kappa shape index (κ2) is 12.3. The standard InChI is InChI=1S/C11H9NO.2C10H8N2O/c1-8(13)11-7-12-6-9-4-2-3-5-10(9)11;1-7(13)10-6-11-8-4-2-3-5-9(8)12-10;1-7(13)10-11-6-8-4-2-3-5-9(8)12-10/h2-7H,1H3;2*2-6H,1H3. The highest BCUT2D eigenvalue weighted by Crippen LogP contribution is 2.17. The van der Waals surface area contributed by atoms with Gasteiger partial charge in [-0.2, -0.15) is 0 Å². The van der Waals surface area contributed by atoms with Crippen LogP contribution in [0.25, 0.3) is 32.7 Å². The Morgan fingerprint density at radius 3 is 1.87 bits per heavy atom. The molecule has 0 unspecified atom stereocenters. The first-order chi connectivity index (χ1) is 18.8. The van der Waals surface area contributed by atoms with Gasteiger partial charge in [-0.1, -0.05) is 54.6 Å². The molecular formula is C31H25N5O3. The highest BCUT2D eigenvalue weighted by atomic mass is 16.1. The molecule has 0 aliphatic carbocycles. The minimum Gasteiger partial charge on any atom is -0.294 e. The predicted molar refractivity (Wildman–Crippen MR) is 151 cm³/mol. The smallest absolute Gasteiger partial charge is 0.196 e. The summed E-state index contributed by atoms with van der Waals surface area (Å²) in [5.74, 6) is 0.173. The van der Waals surface area contributed by atoms with Gasteiger partial charge >= 0.3 is 0 Å². The number of rotatable bonds is 3. The van der Waals surface area contributed by atoms with Crippen molar-refractivity contribution in [1.82, 2.24) is 24.9 Å². The average Bonchev–Trinajstić information content (AvgIpc) is 2.97. The zero-order valence-electron chi connectivity index (χ0n) is 21.7. The van der Waals surface area contributed by atoms with Crippen LogP contribution in [0.4, 0.5) is 0 Å². The Balaban J connectivity index is 0.000000136. The van der Waals surface area contributed by atoms with E-state index in [4.69, 9.17) is 0 Å². The molecule has 6 rings (SSSR count). The van der Waals surface area contributed by atoms with E-state index in [1.165, 1.54) is 20.0 Å². The highest BCUT2D eigenvalue weighted by molar-refractivity contribution is 6.06. The van der Waals surface area contributed by atoms with Gasteiger partial charge in [-0.05, 0) is 30.5 Å². The van der Waals surface area contributed by atoms with Crippen molar-refractivity contribution >= 4 is 50.1 Å². The van der Waals surface area contributed by atoms with Crippen LogP contribution in [0.1, 0.15) is 52.2 Å². The molecule has 0 spiro atoms. The zero-order valence-corrected chi connectivity index (χ0v) is 21.7. The molecule has 0 saturated carbocycles. The van der Waals surface area contributed by atoms with Gasteiger partial charge in [0.05, 0.1) is 22.7 Å². The third kappa shape index (κ3) is 6.75. The Bertz CT molecular complexity index is 1710. The number of para-hydroxylation sites is 3. The Morgan fingerprint density at radius 2 is 1.18 bits per heavy atom. The Morgan fingerprint density at radius 1 is 0.538 bits per heavy atom. The summed E-state index contributed by atoms with van der Waals surface area (Å²) in [4.78, 5) is 53.5. The van der Waals surface area contributed by atoms with Gasteiger partial charge in [0.25, 0.3) is 0 Å². The second-order valence-corrected chi connectivity index (χ2v) is 8.57. The van der Waals surface area contributed by atoms with Gasteiger partial charge < -0.3 is 0 Å². The van der Waals surface area contributed by atoms with Crippen molar-refractivity contribution in [2.45, 2.75) is 20.8 Å². The molecular weight excluding hydrogens is 490 g/mol. The molecule has 8 nitrogen and oxygen atoms in total. The Kier molecular flexibility index (Phi) is 8.48. The van der Waals surface area contributed by atoms with E-state index in [2.05, 4.69) is 24.9 Å². The summed E-state index contributed by atoms with van der Waals surface area (Å²) >= 11 is 0. The van der Waals surface area contributed by atoms with Gasteiger partial charge in [-0.15, -0.1) is 0 Å². The molecule has 0 aliphatic rings. The summed E-state index contributed by atoms with van der Waals surface area (Å²) in [6, 6.07) is 22.8. The molecule has 0 aliphatic heterocycles. The van der Waals surface area contributed by atoms with Crippen molar-refractivity contribution in [2.75, 3.05) is 0 Å².